The number of carbonyl (C=O) groups excluding carboxylic acids is 2. The highest BCUT2D eigenvalue weighted by Gasteiger charge is 2.78. The molecule has 0 aromatic carbocycles. The van der Waals surface area contributed by atoms with Crippen LogP contribution in [0.5, 0.6) is 0 Å². The molecule has 0 unspecified atom stereocenters. The fourth-order valence-electron chi connectivity index (χ4n) is 7.54. The van der Waals surface area contributed by atoms with Crippen LogP contribution in [0.4, 0.5) is 4.39 Å². The van der Waals surface area contributed by atoms with Crippen molar-refractivity contribution in [2.24, 2.45) is 28.6 Å². The first kappa shape index (κ1) is 18.5. The van der Waals surface area contributed by atoms with Crippen molar-refractivity contribution >= 4 is 11.6 Å². The van der Waals surface area contributed by atoms with Gasteiger partial charge in [-0.15, -0.1) is 0 Å². The summed E-state index contributed by atoms with van der Waals surface area (Å²) in [4.78, 5) is 25.2. The number of aliphatic hydroxyl groups excluding tert-OH is 1. The first-order valence-electron chi connectivity index (χ1n) is 10.2. The number of hydrogen-bond donors (Lipinski definition) is 2. The van der Waals surface area contributed by atoms with Crippen LogP contribution >= 0.6 is 0 Å². The fraction of sp³-hybridized carbons (Fsp3) is 0.727. The molecule has 4 aliphatic carbocycles. The van der Waals surface area contributed by atoms with E-state index >= 15 is 4.39 Å². The van der Waals surface area contributed by atoms with E-state index in [2.05, 4.69) is 0 Å². The van der Waals surface area contributed by atoms with Gasteiger partial charge >= 0.3 is 0 Å². The van der Waals surface area contributed by atoms with Crippen LogP contribution in [-0.2, 0) is 14.3 Å². The molecule has 152 valence electrons. The average Bonchev–Trinajstić information content (AvgIpc) is 3.01. The Bertz CT molecular complexity index is 863. The Kier molecular flexibility index (Phi) is 3.40. The Morgan fingerprint density at radius 2 is 2.07 bits per heavy atom. The van der Waals surface area contributed by atoms with E-state index in [1.54, 1.807) is 26.8 Å². The van der Waals surface area contributed by atoms with Gasteiger partial charge in [0.1, 0.15) is 18.0 Å². The lowest BCUT2D eigenvalue weighted by Crippen LogP contribution is -2.63. The summed E-state index contributed by atoms with van der Waals surface area (Å²) in [5.41, 5.74) is -4.71. The molecule has 5 rings (SSSR count). The maximum atomic E-state index is 17.0. The van der Waals surface area contributed by atoms with Crippen molar-refractivity contribution in [2.45, 2.75) is 63.8 Å². The van der Waals surface area contributed by atoms with Crippen molar-refractivity contribution in [3.63, 3.8) is 0 Å². The number of alkyl halides is 1. The van der Waals surface area contributed by atoms with Gasteiger partial charge in [0, 0.05) is 17.8 Å². The summed E-state index contributed by atoms with van der Waals surface area (Å²) in [7, 11) is 0. The lowest BCUT2D eigenvalue weighted by Gasteiger charge is -2.56. The summed E-state index contributed by atoms with van der Waals surface area (Å²) in [5.74, 6) is -1.78. The molecule has 1 aliphatic heterocycles. The maximum absolute atomic E-state index is 17.0. The number of hydrogen-bond acceptors (Lipinski definition) is 5. The van der Waals surface area contributed by atoms with Gasteiger partial charge in [-0.3, -0.25) is 9.59 Å². The molecule has 2 saturated carbocycles. The van der Waals surface area contributed by atoms with Gasteiger partial charge in [0.15, 0.2) is 23.3 Å². The van der Waals surface area contributed by atoms with Crippen molar-refractivity contribution in [2.75, 3.05) is 6.61 Å². The van der Waals surface area contributed by atoms with Crippen LogP contribution in [0.25, 0.3) is 0 Å². The van der Waals surface area contributed by atoms with Crippen LogP contribution in [0.3, 0.4) is 0 Å². The average molecular weight is 390 g/mol. The minimum Gasteiger partial charge on any atom is -0.483 e. The molecule has 8 atom stereocenters. The van der Waals surface area contributed by atoms with Gasteiger partial charge in [0.25, 0.3) is 0 Å². The number of aliphatic hydroxyl groups is 2. The summed E-state index contributed by atoms with van der Waals surface area (Å²) in [5, 5.41) is 21.0. The minimum absolute atomic E-state index is 0.0999. The first-order valence-corrected chi connectivity index (χ1v) is 10.2. The molecule has 2 N–H and O–H groups in total. The molecule has 3 fully saturated rings. The fourth-order valence-corrected chi connectivity index (χ4v) is 7.54. The summed E-state index contributed by atoms with van der Waals surface area (Å²) in [6, 6.07) is 0. The number of fused-ring (bicyclic) bond motifs is 2. The number of Topliss-reactive ketones (excluding diaryl/α,β-unsaturated/α-hetero) is 2. The molecule has 1 saturated heterocycles. The van der Waals surface area contributed by atoms with E-state index in [1.165, 1.54) is 0 Å². The second-order valence-electron chi connectivity index (χ2n) is 9.84. The SMILES string of the molecule is C[C@H]1C[C@H]2[C@@H]3CCC4=CCC(=O)[C@H]5OC(=C[C@]2(C)[C@@]1(O)C(=O)CO)[C@]3(F)[C@]45C. The van der Waals surface area contributed by atoms with E-state index in [0.29, 0.717) is 19.3 Å². The van der Waals surface area contributed by atoms with E-state index in [4.69, 9.17) is 4.74 Å². The third-order valence-corrected chi connectivity index (χ3v) is 9.03. The van der Waals surface area contributed by atoms with E-state index in [0.717, 1.165) is 5.57 Å². The number of allylic oxidation sites excluding steroid dienone is 2. The first-order chi connectivity index (χ1) is 13.1. The van der Waals surface area contributed by atoms with Crippen molar-refractivity contribution < 1.29 is 28.9 Å². The van der Waals surface area contributed by atoms with Gasteiger partial charge < -0.3 is 14.9 Å². The Morgan fingerprint density at radius 3 is 2.75 bits per heavy atom. The molecule has 1 heterocycles. The van der Waals surface area contributed by atoms with Gasteiger partial charge in [0.2, 0.25) is 0 Å². The molecule has 0 radical (unpaired) electrons. The smallest absolute Gasteiger partial charge is 0.190 e. The monoisotopic (exact) mass is 390 g/mol. The quantitative estimate of drug-likeness (QED) is 0.707. The summed E-state index contributed by atoms with van der Waals surface area (Å²) in [6.07, 6.45) is 4.65. The summed E-state index contributed by atoms with van der Waals surface area (Å²) < 4.78 is 23.0. The molecule has 6 heteroatoms. The Labute approximate surface area is 163 Å². The zero-order valence-corrected chi connectivity index (χ0v) is 16.5. The second kappa shape index (κ2) is 5.14. The number of rotatable bonds is 2. The molecule has 0 aromatic heterocycles. The van der Waals surface area contributed by atoms with Gasteiger partial charge in [-0.05, 0) is 44.1 Å². The largest absolute Gasteiger partial charge is 0.483 e. The molecule has 0 bridgehead atoms. The van der Waals surface area contributed by atoms with Crippen molar-refractivity contribution in [3.8, 4) is 0 Å². The number of halogens is 1. The van der Waals surface area contributed by atoms with Gasteiger partial charge in [-0.2, -0.15) is 0 Å². The number of carbonyl (C=O) groups is 2. The summed E-state index contributed by atoms with van der Waals surface area (Å²) >= 11 is 0. The number of ether oxygens (including phenoxy) is 1. The van der Waals surface area contributed by atoms with Gasteiger partial charge in [0.05, 0.1) is 5.41 Å². The van der Waals surface area contributed by atoms with Crippen LogP contribution in [0.2, 0.25) is 0 Å². The normalized spacial score (nSPS) is 53.7. The molecule has 5 nitrogen and oxygen atoms in total. The number of ketones is 2. The Morgan fingerprint density at radius 1 is 1.36 bits per heavy atom. The predicted molar refractivity (Wildman–Crippen MR) is 97.8 cm³/mol. The van der Waals surface area contributed by atoms with E-state index in [-0.39, 0.29) is 23.9 Å². The van der Waals surface area contributed by atoms with Crippen LogP contribution in [-0.4, -0.2) is 45.8 Å². The third-order valence-electron chi connectivity index (χ3n) is 9.03. The highest BCUT2D eigenvalue weighted by Crippen LogP contribution is 2.73. The maximum Gasteiger partial charge on any atom is 0.190 e. The third kappa shape index (κ3) is 1.61. The molecule has 5 aliphatic rings. The van der Waals surface area contributed by atoms with Crippen molar-refractivity contribution in [1.82, 2.24) is 0 Å². The Hall–Kier alpha value is -1.53. The van der Waals surface area contributed by atoms with E-state index in [9.17, 15) is 19.8 Å². The zero-order chi connectivity index (χ0) is 20.3. The van der Waals surface area contributed by atoms with E-state index in [1.807, 2.05) is 6.08 Å². The minimum atomic E-state index is -1.81. The molecular weight excluding hydrogens is 363 g/mol. The van der Waals surface area contributed by atoms with Gasteiger partial charge in [-0.1, -0.05) is 25.5 Å². The highest BCUT2D eigenvalue weighted by atomic mass is 19.1. The Balaban J connectivity index is 1.75. The predicted octanol–water partition coefficient (Wildman–Crippen LogP) is 2.26. The van der Waals surface area contributed by atoms with Gasteiger partial charge in [-0.25, -0.2) is 4.39 Å². The lowest BCUT2D eigenvalue weighted by atomic mass is 9.47. The standard InChI is InChI=1S/C22H27FO5/c1-11-8-14-13-6-4-12-5-7-15(25)18-20(12,3)21(13,23)17(28-18)9-19(14,2)22(11,27)16(26)10-24/h5,9,11,13-14,18,24,27H,4,6-8,10H2,1-3H3/t11-,13-,14-,18+,19-,20+,21-,22-/m0/s1. The highest BCUT2D eigenvalue weighted by molar-refractivity contribution is 5.91. The van der Waals surface area contributed by atoms with Crippen molar-refractivity contribution in [3.05, 3.63) is 23.5 Å². The van der Waals surface area contributed by atoms with Crippen LogP contribution < -0.4 is 0 Å². The topological polar surface area (TPSA) is 83.8 Å². The van der Waals surface area contributed by atoms with Crippen LogP contribution in [0.1, 0.15) is 46.5 Å². The van der Waals surface area contributed by atoms with E-state index < -0.39 is 52.4 Å². The molecule has 0 spiro atoms. The summed E-state index contributed by atoms with van der Waals surface area (Å²) in [6.45, 7) is 4.62. The zero-order valence-electron chi connectivity index (χ0n) is 16.5. The lowest BCUT2D eigenvalue weighted by molar-refractivity contribution is -0.160. The van der Waals surface area contributed by atoms with Crippen molar-refractivity contribution in [1.29, 1.82) is 0 Å². The molecule has 0 amide bonds. The molecular formula is C22H27FO5. The van der Waals surface area contributed by atoms with Crippen LogP contribution in [0, 0.1) is 28.6 Å². The molecule has 28 heavy (non-hydrogen) atoms. The van der Waals surface area contributed by atoms with Crippen LogP contribution in [0.15, 0.2) is 23.5 Å². The molecule has 0 aromatic rings. The second-order valence-corrected chi connectivity index (χ2v) is 9.84.